The van der Waals surface area contributed by atoms with Gasteiger partial charge in [-0.05, 0) is 61.3 Å². The van der Waals surface area contributed by atoms with Crippen molar-refractivity contribution in [3.05, 3.63) is 33.8 Å². The molecule has 0 radical (unpaired) electrons. The number of hydrogen-bond donors (Lipinski definition) is 1. The van der Waals surface area contributed by atoms with Crippen molar-refractivity contribution in [2.45, 2.75) is 44.9 Å². The number of nitrogens with one attached hydrogen (secondary N) is 1. The number of benzene rings is 1. The first-order valence-corrected chi connectivity index (χ1v) is 8.37. The van der Waals surface area contributed by atoms with Gasteiger partial charge in [-0.25, -0.2) is 0 Å². The van der Waals surface area contributed by atoms with Crippen molar-refractivity contribution in [3.63, 3.8) is 0 Å². The maximum Gasteiger partial charge on any atom is 0.0595 e. The van der Waals surface area contributed by atoms with Crippen LogP contribution in [0.5, 0.6) is 0 Å². The monoisotopic (exact) mass is 311 g/mol. The Balaban J connectivity index is 1.77. The van der Waals surface area contributed by atoms with E-state index in [1.54, 1.807) is 0 Å². The zero-order chi connectivity index (χ0) is 14.4. The average Bonchev–Trinajstić information content (AvgIpc) is 3.11. The SMILES string of the molecule is CC(C)CNCC1(c2ccc(Cl)c(Cl)c2)CC2(CC2)C1. The van der Waals surface area contributed by atoms with E-state index in [0.717, 1.165) is 13.1 Å². The molecule has 3 heteroatoms. The van der Waals surface area contributed by atoms with E-state index in [0.29, 0.717) is 21.4 Å². The van der Waals surface area contributed by atoms with Gasteiger partial charge in [0.25, 0.3) is 0 Å². The van der Waals surface area contributed by atoms with Gasteiger partial charge in [-0.2, -0.15) is 0 Å². The predicted octanol–water partition coefficient (Wildman–Crippen LogP) is 5.05. The molecule has 1 N–H and O–H groups in total. The fraction of sp³-hybridized carbons (Fsp3) is 0.647. The molecule has 1 nitrogen and oxygen atoms in total. The Kier molecular flexibility index (Phi) is 3.81. The fourth-order valence-electron chi connectivity index (χ4n) is 3.77. The van der Waals surface area contributed by atoms with E-state index < -0.39 is 0 Å². The molecule has 0 amide bonds. The summed E-state index contributed by atoms with van der Waals surface area (Å²) in [6.45, 7) is 6.64. The molecule has 0 unspecified atom stereocenters. The highest BCUT2D eigenvalue weighted by Gasteiger charge is 2.60. The normalized spacial score (nSPS) is 22.1. The number of halogens is 2. The molecule has 0 aromatic heterocycles. The summed E-state index contributed by atoms with van der Waals surface area (Å²) < 4.78 is 0. The highest BCUT2D eigenvalue weighted by atomic mass is 35.5. The van der Waals surface area contributed by atoms with Crippen LogP contribution >= 0.6 is 23.2 Å². The second-order valence-electron chi connectivity index (χ2n) is 7.29. The van der Waals surface area contributed by atoms with Crippen molar-refractivity contribution in [2.75, 3.05) is 13.1 Å². The minimum Gasteiger partial charge on any atom is -0.316 e. The van der Waals surface area contributed by atoms with Gasteiger partial charge in [0.05, 0.1) is 10.0 Å². The summed E-state index contributed by atoms with van der Waals surface area (Å²) in [6, 6.07) is 6.19. The Bertz CT molecular complexity index is 498. The Morgan fingerprint density at radius 2 is 1.85 bits per heavy atom. The van der Waals surface area contributed by atoms with E-state index in [9.17, 15) is 0 Å². The van der Waals surface area contributed by atoms with Gasteiger partial charge < -0.3 is 5.32 Å². The first-order valence-electron chi connectivity index (χ1n) is 7.61. The van der Waals surface area contributed by atoms with E-state index in [1.807, 2.05) is 6.07 Å². The molecule has 110 valence electrons. The lowest BCUT2D eigenvalue weighted by molar-refractivity contribution is 0.115. The summed E-state index contributed by atoms with van der Waals surface area (Å²) in [5.74, 6) is 0.691. The van der Waals surface area contributed by atoms with E-state index >= 15 is 0 Å². The molecule has 1 aromatic rings. The zero-order valence-corrected chi connectivity index (χ0v) is 13.8. The van der Waals surface area contributed by atoms with Gasteiger partial charge in [0.1, 0.15) is 0 Å². The Hall–Kier alpha value is -0.240. The standard InChI is InChI=1S/C17H23Cl2N/c1-12(2)8-20-11-17(9-16(10-17)5-6-16)13-3-4-14(18)15(19)7-13/h3-4,7,12,20H,5-6,8-11H2,1-2H3. The molecule has 20 heavy (non-hydrogen) atoms. The van der Waals surface area contributed by atoms with Gasteiger partial charge in [-0.3, -0.25) is 0 Å². The van der Waals surface area contributed by atoms with Crippen LogP contribution in [0.2, 0.25) is 10.0 Å². The third kappa shape index (κ3) is 2.73. The maximum atomic E-state index is 6.22. The topological polar surface area (TPSA) is 12.0 Å². The van der Waals surface area contributed by atoms with Crippen molar-refractivity contribution in [2.24, 2.45) is 11.3 Å². The molecule has 1 aromatic carbocycles. The zero-order valence-electron chi connectivity index (χ0n) is 12.3. The van der Waals surface area contributed by atoms with E-state index in [-0.39, 0.29) is 5.41 Å². The summed E-state index contributed by atoms with van der Waals surface area (Å²) in [6.07, 6.45) is 5.45. The third-order valence-electron chi connectivity index (χ3n) is 4.93. The average molecular weight is 312 g/mol. The Morgan fingerprint density at radius 1 is 1.15 bits per heavy atom. The van der Waals surface area contributed by atoms with Crippen LogP contribution < -0.4 is 5.32 Å². The predicted molar refractivity (Wildman–Crippen MR) is 86.7 cm³/mol. The highest BCUT2D eigenvalue weighted by Crippen LogP contribution is 2.68. The molecule has 2 aliphatic rings. The second-order valence-corrected chi connectivity index (χ2v) is 8.10. The summed E-state index contributed by atoms with van der Waals surface area (Å²) in [4.78, 5) is 0. The van der Waals surface area contributed by atoms with Crippen LogP contribution in [0.3, 0.4) is 0 Å². The second kappa shape index (κ2) is 5.19. The lowest BCUT2D eigenvalue weighted by Crippen LogP contribution is -2.50. The Labute approximate surface area is 132 Å². The highest BCUT2D eigenvalue weighted by molar-refractivity contribution is 6.42. The first kappa shape index (κ1) is 14.7. The van der Waals surface area contributed by atoms with Crippen LogP contribution in [0.25, 0.3) is 0 Å². The summed E-state index contributed by atoms with van der Waals surface area (Å²) in [5.41, 5.74) is 2.31. The van der Waals surface area contributed by atoms with Crippen LogP contribution in [-0.4, -0.2) is 13.1 Å². The molecule has 0 saturated heterocycles. The smallest absolute Gasteiger partial charge is 0.0595 e. The van der Waals surface area contributed by atoms with Gasteiger partial charge in [0.2, 0.25) is 0 Å². The molecule has 2 saturated carbocycles. The van der Waals surface area contributed by atoms with Crippen LogP contribution in [-0.2, 0) is 5.41 Å². The maximum absolute atomic E-state index is 6.22. The lowest BCUT2D eigenvalue weighted by atomic mass is 9.56. The lowest BCUT2D eigenvalue weighted by Gasteiger charge is -2.50. The van der Waals surface area contributed by atoms with Crippen molar-refractivity contribution >= 4 is 23.2 Å². The molecule has 2 fully saturated rings. The molecule has 0 atom stereocenters. The largest absolute Gasteiger partial charge is 0.316 e. The minimum absolute atomic E-state index is 0.277. The van der Waals surface area contributed by atoms with Crippen LogP contribution in [0.15, 0.2) is 18.2 Å². The van der Waals surface area contributed by atoms with E-state index in [2.05, 4.69) is 31.3 Å². The first-order chi connectivity index (χ1) is 9.45. The minimum atomic E-state index is 0.277. The van der Waals surface area contributed by atoms with Crippen LogP contribution in [0.1, 0.15) is 45.1 Å². The molecule has 0 heterocycles. The fourth-order valence-corrected chi connectivity index (χ4v) is 4.07. The molecule has 2 aliphatic carbocycles. The van der Waals surface area contributed by atoms with Crippen molar-refractivity contribution in [1.29, 1.82) is 0 Å². The Morgan fingerprint density at radius 3 is 2.40 bits per heavy atom. The van der Waals surface area contributed by atoms with Gasteiger partial charge in [0, 0.05) is 12.0 Å². The van der Waals surface area contributed by atoms with Crippen molar-refractivity contribution in [3.8, 4) is 0 Å². The molecule has 3 rings (SSSR count). The van der Waals surface area contributed by atoms with Crippen LogP contribution in [0.4, 0.5) is 0 Å². The molecular formula is C17H23Cl2N. The molecule has 0 aliphatic heterocycles. The molecule has 0 bridgehead atoms. The van der Waals surface area contributed by atoms with Crippen LogP contribution in [0, 0.1) is 11.3 Å². The van der Waals surface area contributed by atoms with Crippen molar-refractivity contribution in [1.82, 2.24) is 5.32 Å². The third-order valence-corrected chi connectivity index (χ3v) is 5.67. The summed E-state index contributed by atoms with van der Waals surface area (Å²) in [5, 5.41) is 4.99. The van der Waals surface area contributed by atoms with E-state index in [1.165, 1.54) is 31.2 Å². The summed E-state index contributed by atoms with van der Waals surface area (Å²) >= 11 is 12.3. The van der Waals surface area contributed by atoms with E-state index in [4.69, 9.17) is 23.2 Å². The molecular weight excluding hydrogens is 289 g/mol. The van der Waals surface area contributed by atoms with Crippen molar-refractivity contribution < 1.29 is 0 Å². The molecule has 1 spiro atoms. The summed E-state index contributed by atoms with van der Waals surface area (Å²) in [7, 11) is 0. The number of hydrogen-bond acceptors (Lipinski definition) is 1. The van der Waals surface area contributed by atoms with Gasteiger partial charge in [-0.1, -0.05) is 43.1 Å². The van der Waals surface area contributed by atoms with Gasteiger partial charge >= 0.3 is 0 Å². The number of rotatable bonds is 5. The van der Waals surface area contributed by atoms with Gasteiger partial charge in [0.15, 0.2) is 0 Å². The quantitative estimate of drug-likeness (QED) is 0.802. The van der Waals surface area contributed by atoms with Gasteiger partial charge in [-0.15, -0.1) is 0 Å².